The van der Waals surface area contributed by atoms with Crippen molar-refractivity contribution >= 4 is 11.3 Å². The summed E-state index contributed by atoms with van der Waals surface area (Å²) in [7, 11) is 0. The highest BCUT2D eigenvalue weighted by Gasteiger charge is 2.09. The second-order valence-corrected chi connectivity index (χ2v) is 6.02. The van der Waals surface area contributed by atoms with Crippen LogP contribution in [0.5, 0.6) is 0 Å². The summed E-state index contributed by atoms with van der Waals surface area (Å²) in [5, 5.41) is 5.77. The van der Waals surface area contributed by atoms with Crippen LogP contribution in [-0.4, -0.2) is 6.54 Å². The first-order valence-electron chi connectivity index (χ1n) is 7.12. The van der Waals surface area contributed by atoms with Gasteiger partial charge in [0.15, 0.2) is 0 Å². The van der Waals surface area contributed by atoms with Crippen molar-refractivity contribution in [1.82, 2.24) is 5.32 Å². The van der Waals surface area contributed by atoms with Crippen molar-refractivity contribution in [1.29, 1.82) is 0 Å². The summed E-state index contributed by atoms with van der Waals surface area (Å²) in [6.07, 6.45) is 3.65. The maximum absolute atomic E-state index is 3.60. The summed E-state index contributed by atoms with van der Waals surface area (Å²) in [6.45, 7) is 5.35. The van der Waals surface area contributed by atoms with Gasteiger partial charge in [-0.25, -0.2) is 0 Å². The molecule has 0 amide bonds. The maximum Gasteiger partial charge on any atom is 0.0320 e. The van der Waals surface area contributed by atoms with Gasteiger partial charge in [-0.2, -0.15) is 0 Å². The molecule has 1 aromatic carbocycles. The SMILES string of the molecule is CCNC(CCCc1cccs1)c1ccc(C)cc1. The van der Waals surface area contributed by atoms with Crippen molar-refractivity contribution in [2.24, 2.45) is 0 Å². The Labute approximate surface area is 120 Å². The molecular weight excluding hydrogens is 250 g/mol. The molecule has 2 rings (SSSR count). The Morgan fingerprint density at radius 2 is 1.95 bits per heavy atom. The van der Waals surface area contributed by atoms with Crippen molar-refractivity contribution in [2.75, 3.05) is 6.54 Å². The van der Waals surface area contributed by atoms with Gasteiger partial charge < -0.3 is 5.32 Å². The van der Waals surface area contributed by atoms with E-state index in [-0.39, 0.29) is 0 Å². The van der Waals surface area contributed by atoms with Crippen LogP contribution in [0.15, 0.2) is 41.8 Å². The fourth-order valence-electron chi connectivity index (χ4n) is 2.37. The molecule has 1 N–H and O–H groups in total. The minimum Gasteiger partial charge on any atom is -0.310 e. The molecule has 1 aromatic heterocycles. The van der Waals surface area contributed by atoms with E-state index in [1.54, 1.807) is 0 Å². The average Bonchev–Trinajstić information content (AvgIpc) is 2.92. The first kappa shape index (κ1) is 14.3. The van der Waals surface area contributed by atoms with Crippen LogP contribution in [0.1, 0.15) is 41.8 Å². The van der Waals surface area contributed by atoms with Gasteiger partial charge in [-0.05, 0) is 49.7 Å². The van der Waals surface area contributed by atoms with Gasteiger partial charge in [0.2, 0.25) is 0 Å². The molecule has 102 valence electrons. The fourth-order valence-corrected chi connectivity index (χ4v) is 3.12. The van der Waals surface area contributed by atoms with E-state index in [4.69, 9.17) is 0 Å². The third-order valence-corrected chi connectivity index (χ3v) is 4.36. The number of hydrogen-bond donors (Lipinski definition) is 1. The van der Waals surface area contributed by atoms with E-state index in [9.17, 15) is 0 Å². The number of benzene rings is 1. The molecule has 0 radical (unpaired) electrons. The zero-order valence-electron chi connectivity index (χ0n) is 11.9. The number of hydrogen-bond acceptors (Lipinski definition) is 2. The topological polar surface area (TPSA) is 12.0 Å². The normalized spacial score (nSPS) is 12.5. The molecule has 0 bridgehead atoms. The number of thiophene rings is 1. The first-order valence-corrected chi connectivity index (χ1v) is 8.00. The fraction of sp³-hybridized carbons (Fsp3) is 0.412. The van der Waals surface area contributed by atoms with E-state index in [2.05, 4.69) is 60.9 Å². The van der Waals surface area contributed by atoms with Crippen molar-refractivity contribution < 1.29 is 0 Å². The maximum atomic E-state index is 3.60. The van der Waals surface area contributed by atoms with Gasteiger partial charge in [0.1, 0.15) is 0 Å². The van der Waals surface area contributed by atoms with Gasteiger partial charge in [-0.15, -0.1) is 11.3 Å². The quantitative estimate of drug-likeness (QED) is 0.769. The monoisotopic (exact) mass is 273 g/mol. The molecule has 19 heavy (non-hydrogen) atoms. The second kappa shape index (κ2) is 7.46. The number of rotatable bonds is 7. The minimum atomic E-state index is 0.491. The van der Waals surface area contributed by atoms with Crippen molar-refractivity contribution in [3.05, 3.63) is 57.8 Å². The van der Waals surface area contributed by atoms with Crippen LogP contribution in [-0.2, 0) is 6.42 Å². The molecule has 2 aromatic rings. The molecule has 0 aliphatic heterocycles. The highest BCUT2D eigenvalue weighted by atomic mass is 32.1. The lowest BCUT2D eigenvalue weighted by Gasteiger charge is -2.18. The van der Waals surface area contributed by atoms with Crippen LogP contribution in [0.25, 0.3) is 0 Å². The van der Waals surface area contributed by atoms with Gasteiger partial charge in [0.25, 0.3) is 0 Å². The highest BCUT2D eigenvalue weighted by Crippen LogP contribution is 2.21. The molecule has 0 aliphatic carbocycles. The summed E-state index contributed by atoms with van der Waals surface area (Å²) in [4.78, 5) is 1.50. The Hall–Kier alpha value is -1.12. The molecule has 0 aliphatic rings. The summed E-state index contributed by atoms with van der Waals surface area (Å²) in [6, 6.07) is 13.8. The van der Waals surface area contributed by atoms with Crippen LogP contribution >= 0.6 is 11.3 Å². The molecule has 1 atom stereocenters. The summed E-state index contributed by atoms with van der Waals surface area (Å²) >= 11 is 1.87. The van der Waals surface area contributed by atoms with Gasteiger partial charge in [-0.3, -0.25) is 0 Å². The summed E-state index contributed by atoms with van der Waals surface area (Å²) in [5.74, 6) is 0. The molecule has 0 saturated heterocycles. The average molecular weight is 273 g/mol. The molecular formula is C17H23NS. The van der Waals surface area contributed by atoms with E-state index < -0.39 is 0 Å². The first-order chi connectivity index (χ1) is 9.29. The second-order valence-electron chi connectivity index (χ2n) is 4.99. The van der Waals surface area contributed by atoms with Gasteiger partial charge in [-0.1, -0.05) is 42.8 Å². The molecule has 1 heterocycles. The van der Waals surface area contributed by atoms with Crippen molar-refractivity contribution in [3.63, 3.8) is 0 Å². The largest absolute Gasteiger partial charge is 0.310 e. The Balaban J connectivity index is 1.90. The third-order valence-electron chi connectivity index (χ3n) is 3.43. The molecule has 0 fully saturated rings. The van der Waals surface area contributed by atoms with E-state index in [1.165, 1.54) is 35.3 Å². The smallest absolute Gasteiger partial charge is 0.0320 e. The molecule has 0 saturated carbocycles. The zero-order chi connectivity index (χ0) is 13.5. The lowest BCUT2D eigenvalue weighted by molar-refractivity contribution is 0.499. The number of aryl methyl sites for hydroxylation is 2. The minimum absolute atomic E-state index is 0.491. The van der Waals surface area contributed by atoms with Crippen LogP contribution in [0.2, 0.25) is 0 Å². The summed E-state index contributed by atoms with van der Waals surface area (Å²) < 4.78 is 0. The van der Waals surface area contributed by atoms with Crippen LogP contribution in [0, 0.1) is 6.92 Å². The Kier molecular flexibility index (Phi) is 5.62. The Morgan fingerprint density at radius 3 is 2.58 bits per heavy atom. The van der Waals surface area contributed by atoms with Crippen molar-refractivity contribution in [2.45, 2.75) is 39.2 Å². The predicted octanol–water partition coefficient (Wildman–Crippen LogP) is 4.73. The third kappa shape index (κ3) is 4.48. The Morgan fingerprint density at radius 1 is 1.16 bits per heavy atom. The molecule has 1 nitrogen and oxygen atoms in total. The van der Waals surface area contributed by atoms with Crippen LogP contribution < -0.4 is 5.32 Å². The van der Waals surface area contributed by atoms with Gasteiger partial charge >= 0.3 is 0 Å². The van der Waals surface area contributed by atoms with Gasteiger partial charge in [0.05, 0.1) is 0 Å². The standard InChI is InChI=1S/C17H23NS/c1-3-18-17(15-11-9-14(2)10-12-15)8-4-6-16-7-5-13-19-16/h5,7,9-13,17-18H,3-4,6,8H2,1-2H3. The van der Waals surface area contributed by atoms with Crippen LogP contribution in [0.3, 0.4) is 0 Å². The van der Waals surface area contributed by atoms with E-state index in [1.807, 2.05) is 11.3 Å². The van der Waals surface area contributed by atoms with E-state index in [0.717, 1.165) is 6.54 Å². The van der Waals surface area contributed by atoms with Crippen LogP contribution in [0.4, 0.5) is 0 Å². The molecule has 1 unspecified atom stereocenters. The molecule has 2 heteroatoms. The molecule has 0 spiro atoms. The van der Waals surface area contributed by atoms with Gasteiger partial charge in [0, 0.05) is 10.9 Å². The lowest BCUT2D eigenvalue weighted by Crippen LogP contribution is -2.21. The summed E-state index contributed by atoms with van der Waals surface area (Å²) in [5.41, 5.74) is 2.75. The number of nitrogens with one attached hydrogen (secondary N) is 1. The Bertz CT molecular complexity index is 459. The predicted molar refractivity (Wildman–Crippen MR) is 84.9 cm³/mol. The van der Waals surface area contributed by atoms with E-state index >= 15 is 0 Å². The van der Waals surface area contributed by atoms with E-state index in [0.29, 0.717) is 6.04 Å². The zero-order valence-corrected chi connectivity index (χ0v) is 12.7. The van der Waals surface area contributed by atoms with Crippen molar-refractivity contribution in [3.8, 4) is 0 Å². The highest BCUT2D eigenvalue weighted by molar-refractivity contribution is 7.09. The lowest BCUT2D eigenvalue weighted by atomic mass is 9.99.